The fourth-order valence-electron chi connectivity index (χ4n) is 4.20. The van der Waals surface area contributed by atoms with Gasteiger partial charge in [-0.05, 0) is 48.9 Å². The molecule has 3 atom stereocenters. The SMILES string of the molecule is COc1ccnc(C(=O)C[C@H](C(=O)O[C@@H](C)[C@H](c2ccc(F)cc2C)C(C)C)C(C)C)c1O. The van der Waals surface area contributed by atoms with E-state index >= 15 is 0 Å². The Morgan fingerprint density at radius 3 is 2.30 bits per heavy atom. The maximum absolute atomic E-state index is 13.6. The summed E-state index contributed by atoms with van der Waals surface area (Å²) in [6, 6.07) is 6.07. The largest absolute Gasteiger partial charge is 0.503 e. The maximum Gasteiger partial charge on any atom is 0.309 e. The van der Waals surface area contributed by atoms with Gasteiger partial charge in [-0.3, -0.25) is 9.59 Å². The van der Waals surface area contributed by atoms with Crippen molar-refractivity contribution in [1.29, 1.82) is 0 Å². The van der Waals surface area contributed by atoms with Crippen LogP contribution in [0.4, 0.5) is 4.39 Å². The highest BCUT2D eigenvalue weighted by atomic mass is 19.1. The maximum atomic E-state index is 13.6. The highest BCUT2D eigenvalue weighted by Gasteiger charge is 2.33. The van der Waals surface area contributed by atoms with E-state index in [9.17, 15) is 19.1 Å². The molecule has 0 bridgehead atoms. The first-order valence-electron chi connectivity index (χ1n) is 11.2. The molecule has 1 aromatic carbocycles. The van der Waals surface area contributed by atoms with Crippen LogP contribution in [0.1, 0.15) is 68.6 Å². The highest BCUT2D eigenvalue weighted by molar-refractivity contribution is 5.99. The molecule has 0 aliphatic heterocycles. The number of hydrogen-bond donors (Lipinski definition) is 1. The van der Waals surface area contributed by atoms with Gasteiger partial charge in [0, 0.05) is 24.6 Å². The van der Waals surface area contributed by atoms with Gasteiger partial charge >= 0.3 is 5.97 Å². The van der Waals surface area contributed by atoms with Crippen LogP contribution < -0.4 is 4.74 Å². The van der Waals surface area contributed by atoms with E-state index in [2.05, 4.69) is 4.98 Å². The lowest BCUT2D eigenvalue weighted by molar-refractivity contribution is -0.156. The van der Waals surface area contributed by atoms with Crippen molar-refractivity contribution in [1.82, 2.24) is 4.98 Å². The number of ketones is 1. The summed E-state index contributed by atoms with van der Waals surface area (Å²) in [6.45, 7) is 11.4. The zero-order valence-electron chi connectivity index (χ0n) is 20.4. The highest BCUT2D eigenvalue weighted by Crippen LogP contribution is 2.34. The molecule has 0 saturated heterocycles. The van der Waals surface area contributed by atoms with Crippen molar-refractivity contribution in [3.05, 3.63) is 53.1 Å². The van der Waals surface area contributed by atoms with Crippen molar-refractivity contribution in [3.63, 3.8) is 0 Å². The van der Waals surface area contributed by atoms with Gasteiger partial charge in [-0.25, -0.2) is 9.37 Å². The summed E-state index contributed by atoms with van der Waals surface area (Å²) in [6.07, 6.45) is 0.731. The Balaban J connectivity index is 2.22. The summed E-state index contributed by atoms with van der Waals surface area (Å²) in [5.41, 5.74) is 1.59. The molecule has 180 valence electrons. The molecule has 1 aromatic heterocycles. The predicted molar refractivity (Wildman–Crippen MR) is 124 cm³/mol. The molecule has 1 N–H and O–H groups in total. The lowest BCUT2D eigenvalue weighted by Crippen LogP contribution is -2.32. The van der Waals surface area contributed by atoms with Crippen LogP contribution >= 0.6 is 0 Å². The number of carbonyl (C=O) groups excluding carboxylic acids is 2. The van der Waals surface area contributed by atoms with Gasteiger partial charge in [0.25, 0.3) is 0 Å². The molecular weight excluding hydrogens is 425 g/mol. The third-order valence-corrected chi connectivity index (χ3v) is 6.00. The average Bonchev–Trinajstić information content (AvgIpc) is 2.73. The molecule has 1 heterocycles. The molecule has 0 aliphatic rings. The standard InChI is InChI=1S/C26H34FNO5/c1-14(2)20(13-21(29)24-25(30)22(32-7)10-11-28-24)26(31)33-17(6)23(15(3)4)19-9-8-18(27)12-16(19)5/h8-12,14-15,17,20,23,30H,13H2,1-7H3/t17-,20-,23+/m0/s1. The number of methoxy groups -OCH3 is 1. The Bertz CT molecular complexity index is 989. The number of halogens is 1. The number of hydrogen-bond acceptors (Lipinski definition) is 6. The molecule has 0 amide bonds. The number of rotatable bonds is 10. The van der Waals surface area contributed by atoms with Crippen LogP contribution in [0.25, 0.3) is 0 Å². The summed E-state index contributed by atoms with van der Waals surface area (Å²) >= 11 is 0. The molecule has 6 nitrogen and oxygen atoms in total. The number of aromatic hydroxyl groups is 1. The number of carbonyl (C=O) groups is 2. The Labute approximate surface area is 195 Å². The van der Waals surface area contributed by atoms with Gasteiger partial charge in [-0.15, -0.1) is 0 Å². The van der Waals surface area contributed by atoms with Crippen LogP contribution in [-0.4, -0.2) is 35.1 Å². The smallest absolute Gasteiger partial charge is 0.309 e. The number of aromatic nitrogens is 1. The molecule has 0 unspecified atom stereocenters. The monoisotopic (exact) mass is 459 g/mol. The molecule has 7 heteroatoms. The van der Waals surface area contributed by atoms with E-state index in [1.54, 1.807) is 6.07 Å². The molecule has 33 heavy (non-hydrogen) atoms. The molecule has 2 aromatic rings. The number of ether oxygens (including phenoxy) is 2. The summed E-state index contributed by atoms with van der Waals surface area (Å²) in [4.78, 5) is 29.9. The minimum Gasteiger partial charge on any atom is -0.503 e. The van der Waals surface area contributed by atoms with E-state index in [1.807, 2.05) is 41.5 Å². The minimum atomic E-state index is -0.713. The number of esters is 1. The summed E-state index contributed by atoms with van der Waals surface area (Å²) < 4.78 is 24.5. The second kappa shape index (κ2) is 11.3. The van der Waals surface area contributed by atoms with E-state index in [0.29, 0.717) is 0 Å². The summed E-state index contributed by atoms with van der Waals surface area (Å²) in [7, 11) is 1.38. The molecule has 2 rings (SSSR count). The third kappa shape index (κ3) is 6.30. The quantitative estimate of drug-likeness (QED) is 0.375. The van der Waals surface area contributed by atoms with Gasteiger partial charge in [0.15, 0.2) is 23.0 Å². The molecule has 0 radical (unpaired) electrons. The van der Waals surface area contributed by atoms with E-state index in [1.165, 1.54) is 31.5 Å². The first-order chi connectivity index (χ1) is 15.5. The second-order valence-electron chi connectivity index (χ2n) is 9.10. The zero-order chi connectivity index (χ0) is 24.9. The first-order valence-corrected chi connectivity index (χ1v) is 11.2. The van der Waals surface area contributed by atoms with Crippen molar-refractivity contribution in [3.8, 4) is 11.5 Å². The van der Waals surface area contributed by atoms with Gasteiger partial charge in [0.05, 0.1) is 13.0 Å². The van der Waals surface area contributed by atoms with Crippen LogP contribution in [0.15, 0.2) is 30.5 Å². The van der Waals surface area contributed by atoms with E-state index in [4.69, 9.17) is 9.47 Å². The van der Waals surface area contributed by atoms with Crippen molar-refractivity contribution in [2.24, 2.45) is 17.8 Å². The van der Waals surface area contributed by atoms with Crippen molar-refractivity contribution < 1.29 is 28.6 Å². The van der Waals surface area contributed by atoms with Crippen molar-refractivity contribution >= 4 is 11.8 Å². The fourth-order valence-corrected chi connectivity index (χ4v) is 4.20. The molecular formula is C26H34FNO5. The van der Waals surface area contributed by atoms with Crippen LogP contribution in [0.2, 0.25) is 0 Å². The van der Waals surface area contributed by atoms with E-state index < -0.39 is 23.8 Å². The van der Waals surface area contributed by atoms with Crippen LogP contribution in [0, 0.1) is 30.5 Å². The summed E-state index contributed by atoms with van der Waals surface area (Å²) in [5, 5.41) is 10.2. The topological polar surface area (TPSA) is 85.7 Å². The van der Waals surface area contributed by atoms with Gasteiger partial charge in [-0.1, -0.05) is 33.8 Å². The Morgan fingerprint density at radius 1 is 1.09 bits per heavy atom. The molecule has 0 fully saturated rings. The van der Waals surface area contributed by atoms with Gasteiger partial charge in [0.2, 0.25) is 0 Å². The van der Waals surface area contributed by atoms with Gasteiger partial charge < -0.3 is 14.6 Å². The molecule has 0 spiro atoms. The Morgan fingerprint density at radius 2 is 1.76 bits per heavy atom. The Kier molecular flexibility index (Phi) is 8.97. The number of nitrogens with zero attached hydrogens (tertiary/aromatic N) is 1. The number of benzene rings is 1. The van der Waals surface area contributed by atoms with Crippen molar-refractivity contribution in [2.45, 2.75) is 60.0 Å². The van der Waals surface area contributed by atoms with E-state index in [0.717, 1.165) is 11.1 Å². The van der Waals surface area contributed by atoms with Crippen molar-refractivity contribution in [2.75, 3.05) is 7.11 Å². The Hall–Kier alpha value is -2.96. The average molecular weight is 460 g/mol. The first kappa shape index (κ1) is 26.3. The fraction of sp³-hybridized carbons (Fsp3) is 0.500. The van der Waals surface area contributed by atoms with Crippen LogP contribution in [-0.2, 0) is 9.53 Å². The zero-order valence-corrected chi connectivity index (χ0v) is 20.4. The number of aryl methyl sites for hydroxylation is 1. The van der Waals surface area contributed by atoms with Crippen LogP contribution in [0.5, 0.6) is 11.5 Å². The van der Waals surface area contributed by atoms with Gasteiger partial charge in [-0.2, -0.15) is 0 Å². The second-order valence-corrected chi connectivity index (χ2v) is 9.10. The van der Waals surface area contributed by atoms with Gasteiger partial charge in [0.1, 0.15) is 11.9 Å². The molecule has 0 saturated carbocycles. The lowest BCUT2D eigenvalue weighted by atomic mass is 9.82. The third-order valence-electron chi connectivity index (χ3n) is 6.00. The normalized spacial score (nSPS) is 14.1. The summed E-state index contributed by atoms with van der Waals surface area (Å²) in [5.74, 6) is -2.36. The number of pyridine rings is 1. The minimum absolute atomic E-state index is 0.133. The molecule has 0 aliphatic carbocycles. The van der Waals surface area contributed by atoms with E-state index in [-0.39, 0.29) is 47.2 Å². The van der Waals surface area contributed by atoms with Crippen LogP contribution in [0.3, 0.4) is 0 Å². The lowest BCUT2D eigenvalue weighted by Gasteiger charge is -2.31. The number of Topliss-reactive ketones (excluding diaryl/α,β-unsaturated/α-hetero) is 1. The predicted octanol–water partition coefficient (Wildman–Crippen LogP) is 5.46.